The maximum atomic E-state index is 11.9. The summed E-state index contributed by atoms with van der Waals surface area (Å²) in [7, 11) is 0. The number of pyridine rings is 1. The lowest BCUT2D eigenvalue weighted by molar-refractivity contribution is 0.0929. The molecule has 2 aromatic rings. The minimum Gasteiger partial charge on any atom is -0.357 e. The van der Waals surface area contributed by atoms with Crippen LogP contribution in [-0.2, 0) is 5.41 Å². The number of amides is 1. The Bertz CT molecular complexity index is 604. The first-order valence-corrected chi connectivity index (χ1v) is 6.00. The summed E-state index contributed by atoms with van der Waals surface area (Å²) >= 11 is 0. The van der Waals surface area contributed by atoms with Crippen LogP contribution in [0, 0.1) is 0 Å². The van der Waals surface area contributed by atoms with Crippen LogP contribution in [0.2, 0.25) is 0 Å². The van der Waals surface area contributed by atoms with E-state index in [-0.39, 0.29) is 23.7 Å². The third kappa shape index (κ3) is 2.24. The molecule has 100 valence electrons. The lowest BCUT2D eigenvalue weighted by Gasteiger charge is -2.29. The fourth-order valence-electron chi connectivity index (χ4n) is 2.34. The van der Waals surface area contributed by atoms with Crippen LogP contribution in [0.1, 0.15) is 29.9 Å². The Labute approximate surface area is 118 Å². The number of fused-ring (bicyclic) bond motifs is 1. The molecule has 0 saturated carbocycles. The summed E-state index contributed by atoms with van der Waals surface area (Å²) < 4.78 is 0. The summed E-state index contributed by atoms with van der Waals surface area (Å²) in [6, 6.07) is 5.78. The van der Waals surface area contributed by atoms with E-state index in [1.807, 2.05) is 18.2 Å². The molecule has 0 bridgehead atoms. The highest BCUT2D eigenvalue weighted by atomic mass is 35.5. The van der Waals surface area contributed by atoms with Crippen molar-refractivity contribution in [3.8, 4) is 11.3 Å². The van der Waals surface area contributed by atoms with Gasteiger partial charge in [0.05, 0.1) is 5.56 Å². The molecule has 3 rings (SSSR count). The second-order valence-corrected chi connectivity index (χ2v) is 5.27. The molecule has 0 saturated heterocycles. The van der Waals surface area contributed by atoms with Crippen LogP contribution in [0.25, 0.3) is 11.3 Å². The Hall–Kier alpha value is -1.81. The average molecular weight is 278 g/mol. The number of hydrogen-bond acceptors (Lipinski definition) is 2. The summed E-state index contributed by atoms with van der Waals surface area (Å²) in [6.07, 6.45) is 3.50. The number of halogens is 1. The molecule has 2 aromatic heterocycles. The zero-order chi connectivity index (χ0) is 12.8. The van der Waals surface area contributed by atoms with E-state index in [2.05, 4.69) is 29.1 Å². The van der Waals surface area contributed by atoms with Crippen molar-refractivity contribution in [1.29, 1.82) is 0 Å². The fourth-order valence-corrected chi connectivity index (χ4v) is 2.34. The third-order valence-corrected chi connectivity index (χ3v) is 3.42. The standard InChI is InChI=1S/C14H15N3O.ClH/c1-14(2)8-16-13(18)10-7-11(17-12(10)14)9-3-5-15-6-4-9;/h3-7,17H,8H2,1-2H3,(H,16,18);1H. The van der Waals surface area contributed by atoms with Gasteiger partial charge < -0.3 is 10.3 Å². The van der Waals surface area contributed by atoms with Gasteiger partial charge in [0.25, 0.3) is 5.91 Å². The zero-order valence-electron chi connectivity index (χ0n) is 10.9. The van der Waals surface area contributed by atoms with Gasteiger partial charge >= 0.3 is 0 Å². The van der Waals surface area contributed by atoms with E-state index < -0.39 is 0 Å². The average Bonchev–Trinajstić information content (AvgIpc) is 2.82. The number of aromatic nitrogens is 2. The highest BCUT2D eigenvalue weighted by molar-refractivity contribution is 5.98. The van der Waals surface area contributed by atoms with E-state index in [1.54, 1.807) is 12.4 Å². The Balaban J connectivity index is 0.00000133. The van der Waals surface area contributed by atoms with Crippen molar-refractivity contribution >= 4 is 18.3 Å². The molecule has 0 unspecified atom stereocenters. The van der Waals surface area contributed by atoms with Crippen molar-refractivity contribution in [1.82, 2.24) is 15.3 Å². The summed E-state index contributed by atoms with van der Waals surface area (Å²) in [6.45, 7) is 4.91. The number of aromatic amines is 1. The molecule has 0 radical (unpaired) electrons. The van der Waals surface area contributed by atoms with Gasteiger partial charge in [-0.3, -0.25) is 9.78 Å². The molecular formula is C14H16ClN3O. The van der Waals surface area contributed by atoms with E-state index >= 15 is 0 Å². The molecule has 0 aromatic carbocycles. The smallest absolute Gasteiger partial charge is 0.253 e. The van der Waals surface area contributed by atoms with Gasteiger partial charge in [0.2, 0.25) is 0 Å². The molecule has 5 heteroatoms. The fraction of sp³-hybridized carbons (Fsp3) is 0.286. The predicted octanol–water partition coefficient (Wildman–Crippen LogP) is 2.52. The van der Waals surface area contributed by atoms with Crippen molar-refractivity contribution in [3.05, 3.63) is 41.9 Å². The van der Waals surface area contributed by atoms with E-state index in [4.69, 9.17) is 0 Å². The zero-order valence-corrected chi connectivity index (χ0v) is 11.7. The number of rotatable bonds is 1. The van der Waals surface area contributed by atoms with Crippen molar-refractivity contribution in [2.45, 2.75) is 19.3 Å². The third-order valence-electron chi connectivity index (χ3n) is 3.42. The number of hydrogen-bond donors (Lipinski definition) is 2. The molecule has 2 N–H and O–H groups in total. The molecule has 0 aliphatic carbocycles. The minimum atomic E-state index is -0.0610. The van der Waals surface area contributed by atoms with E-state index in [9.17, 15) is 4.79 Å². The van der Waals surface area contributed by atoms with Crippen LogP contribution in [-0.4, -0.2) is 22.4 Å². The monoisotopic (exact) mass is 277 g/mol. The normalized spacial score (nSPS) is 16.2. The van der Waals surface area contributed by atoms with Crippen LogP contribution in [0.4, 0.5) is 0 Å². The SMILES string of the molecule is CC1(C)CNC(=O)c2cc(-c3ccncc3)[nH]c21.Cl. The topological polar surface area (TPSA) is 57.8 Å². The van der Waals surface area contributed by atoms with Crippen molar-refractivity contribution in [3.63, 3.8) is 0 Å². The van der Waals surface area contributed by atoms with Crippen LogP contribution in [0.3, 0.4) is 0 Å². The first-order valence-electron chi connectivity index (χ1n) is 6.00. The maximum Gasteiger partial charge on any atom is 0.253 e. The molecule has 1 amide bonds. The predicted molar refractivity (Wildman–Crippen MR) is 76.6 cm³/mol. The second-order valence-electron chi connectivity index (χ2n) is 5.27. The molecule has 19 heavy (non-hydrogen) atoms. The van der Waals surface area contributed by atoms with E-state index in [0.29, 0.717) is 6.54 Å². The van der Waals surface area contributed by atoms with Gasteiger partial charge in [-0.2, -0.15) is 0 Å². The van der Waals surface area contributed by atoms with E-state index in [1.165, 1.54) is 0 Å². The van der Waals surface area contributed by atoms with E-state index in [0.717, 1.165) is 22.5 Å². The van der Waals surface area contributed by atoms with Crippen molar-refractivity contribution in [2.75, 3.05) is 6.54 Å². The van der Waals surface area contributed by atoms with Crippen LogP contribution >= 0.6 is 12.4 Å². The summed E-state index contributed by atoms with van der Waals surface area (Å²) in [5.74, 6) is 0.000816. The summed E-state index contributed by atoms with van der Waals surface area (Å²) in [5.41, 5.74) is 3.71. The number of nitrogens with one attached hydrogen (secondary N) is 2. The van der Waals surface area contributed by atoms with Crippen molar-refractivity contribution in [2.24, 2.45) is 0 Å². The Morgan fingerprint density at radius 1 is 1.26 bits per heavy atom. The Morgan fingerprint density at radius 3 is 2.58 bits per heavy atom. The lowest BCUT2D eigenvalue weighted by atomic mass is 9.84. The Morgan fingerprint density at radius 2 is 1.95 bits per heavy atom. The highest BCUT2D eigenvalue weighted by Crippen LogP contribution is 2.32. The second kappa shape index (κ2) is 4.70. The van der Waals surface area contributed by atoms with Gasteiger partial charge in [-0.25, -0.2) is 0 Å². The van der Waals surface area contributed by atoms with Crippen molar-refractivity contribution < 1.29 is 4.79 Å². The molecule has 1 aliphatic rings. The summed E-state index contributed by atoms with van der Waals surface area (Å²) in [5, 5.41) is 2.92. The van der Waals surface area contributed by atoms with Gasteiger partial charge in [0.1, 0.15) is 0 Å². The van der Waals surface area contributed by atoms with Gasteiger partial charge in [0, 0.05) is 41.3 Å². The summed E-state index contributed by atoms with van der Waals surface area (Å²) in [4.78, 5) is 19.3. The Kier molecular flexibility index (Phi) is 3.37. The van der Waals surface area contributed by atoms with Crippen LogP contribution < -0.4 is 5.32 Å². The van der Waals surface area contributed by atoms with Crippen LogP contribution in [0.15, 0.2) is 30.6 Å². The maximum absolute atomic E-state index is 11.9. The molecule has 0 spiro atoms. The highest BCUT2D eigenvalue weighted by Gasteiger charge is 2.33. The lowest BCUT2D eigenvalue weighted by Crippen LogP contribution is -2.43. The molecule has 3 heterocycles. The quantitative estimate of drug-likeness (QED) is 0.841. The first kappa shape index (κ1) is 13.6. The minimum absolute atomic E-state index is 0. The van der Waals surface area contributed by atoms with Gasteiger partial charge in [0.15, 0.2) is 0 Å². The molecule has 0 fully saturated rings. The van der Waals surface area contributed by atoms with Crippen LogP contribution in [0.5, 0.6) is 0 Å². The molecule has 1 aliphatic heterocycles. The number of carbonyl (C=O) groups is 1. The molecular weight excluding hydrogens is 262 g/mol. The number of carbonyl (C=O) groups excluding carboxylic acids is 1. The molecule has 4 nitrogen and oxygen atoms in total. The van der Waals surface area contributed by atoms with Gasteiger partial charge in [-0.05, 0) is 18.2 Å². The number of nitrogens with zero attached hydrogens (tertiary/aromatic N) is 1. The van der Waals surface area contributed by atoms with Gasteiger partial charge in [-0.1, -0.05) is 13.8 Å². The number of H-pyrrole nitrogens is 1. The van der Waals surface area contributed by atoms with Gasteiger partial charge in [-0.15, -0.1) is 12.4 Å². The first-order chi connectivity index (χ1) is 8.58. The molecule has 0 atom stereocenters. The largest absolute Gasteiger partial charge is 0.357 e.